The van der Waals surface area contributed by atoms with Crippen molar-refractivity contribution in [2.75, 3.05) is 46.8 Å². The van der Waals surface area contributed by atoms with E-state index >= 15 is 0 Å². The van der Waals surface area contributed by atoms with E-state index in [0.29, 0.717) is 12.2 Å². The van der Waals surface area contributed by atoms with Gasteiger partial charge in [-0.25, -0.2) is 4.98 Å². The van der Waals surface area contributed by atoms with E-state index in [9.17, 15) is 9.59 Å². The summed E-state index contributed by atoms with van der Waals surface area (Å²) in [6.45, 7) is 3.70. The van der Waals surface area contributed by atoms with Gasteiger partial charge in [-0.05, 0) is 26.9 Å². The quantitative estimate of drug-likeness (QED) is 0.825. The Hall–Kier alpha value is -1.47. The molecule has 0 saturated carbocycles. The van der Waals surface area contributed by atoms with Gasteiger partial charge in [0.2, 0.25) is 5.91 Å². The number of amides is 2. The maximum absolute atomic E-state index is 12.2. The highest BCUT2D eigenvalue weighted by Gasteiger charge is 2.47. The number of piperidine rings is 1. The van der Waals surface area contributed by atoms with Crippen LogP contribution in [0.1, 0.15) is 23.3 Å². The highest BCUT2D eigenvalue weighted by atomic mass is 32.1. The topological polar surface area (TPSA) is 56.8 Å². The summed E-state index contributed by atoms with van der Waals surface area (Å²) in [5, 5.41) is 1.80. The van der Waals surface area contributed by atoms with Gasteiger partial charge in [0.15, 0.2) is 0 Å². The Labute approximate surface area is 134 Å². The summed E-state index contributed by atoms with van der Waals surface area (Å²) in [5.74, 6) is 0.243. The number of nitrogens with zero attached hydrogens (tertiary/aromatic N) is 4. The molecular formula is C15H22N4O2S. The van der Waals surface area contributed by atoms with Crippen molar-refractivity contribution in [1.82, 2.24) is 19.7 Å². The van der Waals surface area contributed by atoms with Crippen LogP contribution >= 0.6 is 11.3 Å². The summed E-state index contributed by atoms with van der Waals surface area (Å²) >= 11 is 1.45. The van der Waals surface area contributed by atoms with Gasteiger partial charge in [0.25, 0.3) is 5.91 Å². The lowest BCUT2D eigenvalue weighted by molar-refractivity contribution is -0.136. The molecule has 120 valence electrons. The Kier molecular flexibility index (Phi) is 4.18. The number of carbonyl (C=O) groups is 2. The van der Waals surface area contributed by atoms with Crippen molar-refractivity contribution < 1.29 is 9.59 Å². The summed E-state index contributed by atoms with van der Waals surface area (Å²) in [6.07, 6.45) is 1.99. The smallest absolute Gasteiger partial charge is 0.273 e. The number of thiazole rings is 1. The van der Waals surface area contributed by atoms with E-state index in [-0.39, 0.29) is 17.2 Å². The average Bonchev–Trinajstić information content (AvgIpc) is 2.97. The molecule has 6 nitrogen and oxygen atoms in total. The molecule has 2 amide bonds. The number of hydrogen-bond acceptors (Lipinski definition) is 5. The second kappa shape index (κ2) is 5.96. The first-order valence-electron chi connectivity index (χ1n) is 7.59. The number of aromatic nitrogens is 1. The first-order chi connectivity index (χ1) is 10.5. The van der Waals surface area contributed by atoms with Crippen molar-refractivity contribution in [3.05, 3.63) is 16.6 Å². The number of likely N-dealkylation sites (tertiary alicyclic amines) is 2. The summed E-state index contributed by atoms with van der Waals surface area (Å²) in [4.78, 5) is 34.1. The van der Waals surface area contributed by atoms with Gasteiger partial charge < -0.3 is 14.7 Å². The van der Waals surface area contributed by atoms with E-state index in [1.807, 2.05) is 28.8 Å². The van der Waals surface area contributed by atoms with E-state index in [1.54, 1.807) is 10.9 Å². The Morgan fingerprint density at radius 2 is 1.95 bits per heavy atom. The van der Waals surface area contributed by atoms with Crippen LogP contribution in [0.3, 0.4) is 0 Å². The highest BCUT2D eigenvalue weighted by molar-refractivity contribution is 7.07. The van der Waals surface area contributed by atoms with E-state index in [4.69, 9.17) is 0 Å². The van der Waals surface area contributed by atoms with Gasteiger partial charge in [0.05, 0.1) is 12.1 Å². The normalized spacial score (nSPS) is 20.3. The lowest BCUT2D eigenvalue weighted by Gasteiger charge is -2.53. The van der Waals surface area contributed by atoms with Crippen LogP contribution in [0.15, 0.2) is 10.9 Å². The molecule has 1 spiro atoms. The predicted octanol–water partition coefficient (Wildman–Crippen LogP) is 0.769. The monoisotopic (exact) mass is 322 g/mol. The lowest BCUT2D eigenvalue weighted by atomic mass is 9.72. The summed E-state index contributed by atoms with van der Waals surface area (Å²) in [7, 11) is 3.83. The fraction of sp³-hybridized carbons (Fsp3) is 0.667. The van der Waals surface area contributed by atoms with Crippen LogP contribution in [0.5, 0.6) is 0 Å². The number of carbonyl (C=O) groups excluding carboxylic acids is 2. The predicted molar refractivity (Wildman–Crippen MR) is 84.8 cm³/mol. The van der Waals surface area contributed by atoms with Crippen LogP contribution < -0.4 is 0 Å². The summed E-state index contributed by atoms with van der Waals surface area (Å²) in [6, 6.07) is 0. The van der Waals surface area contributed by atoms with Gasteiger partial charge in [-0.2, -0.15) is 0 Å². The molecule has 1 aromatic heterocycles. The number of hydrogen-bond donors (Lipinski definition) is 0. The van der Waals surface area contributed by atoms with Crippen molar-refractivity contribution in [1.29, 1.82) is 0 Å². The molecule has 0 aromatic carbocycles. The lowest BCUT2D eigenvalue weighted by Crippen LogP contribution is -2.62. The maximum atomic E-state index is 12.2. The molecule has 2 aliphatic rings. The van der Waals surface area contributed by atoms with Gasteiger partial charge >= 0.3 is 0 Å². The van der Waals surface area contributed by atoms with Crippen LogP contribution in [0.4, 0.5) is 0 Å². The largest absolute Gasteiger partial charge is 0.342 e. The van der Waals surface area contributed by atoms with Crippen LogP contribution in [0.2, 0.25) is 0 Å². The van der Waals surface area contributed by atoms with Gasteiger partial charge in [-0.1, -0.05) is 0 Å². The Morgan fingerprint density at radius 3 is 2.50 bits per heavy atom. The average molecular weight is 322 g/mol. The molecule has 7 heteroatoms. The SMILES string of the molecule is CN(C)CC(=O)N1CCC2(CC1)CN(C(=O)c1cscn1)C2. The van der Waals surface area contributed by atoms with Crippen LogP contribution in [-0.4, -0.2) is 78.3 Å². The van der Waals surface area contributed by atoms with Crippen molar-refractivity contribution in [2.45, 2.75) is 12.8 Å². The third-order valence-electron chi connectivity index (χ3n) is 4.62. The molecule has 0 radical (unpaired) electrons. The molecule has 0 N–H and O–H groups in total. The molecule has 1 aromatic rings. The van der Waals surface area contributed by atoms with E-state index in [1.165, 1.54) is 11.3 Å². The fourth-order valence-electron chi connectivity index (χ4n) is 3.30. The Morgan fingerprint density at radius 1 is 1.27 bits per heavy atom. The summed E-state index contributed by atoms with van der Waals surface area (Å²) < 4.78 is 0. The first kappa shape index (κ1) is 15.4. The molecule has 22 heavy (non-hydrogen) atoms. The fourth-order valence-corrected chi connectivity index (χ4v) is 3.83. The molecule has 2 fully saturated rings. The zero-order valence-corrected chi connectivity index (χ0v) is 13.9. The van der Waals surface area contributed by atoms with Crippen LogP contribution in [0.25, 0.3) is 0 Å². The molecular weight excluding hydrogens is 300 g/mol. The molecule has 0 bridgehead atoms. The first-order valence-corrected chi connectivity index (χ1v) is 8.53. The standard InChI is InChI=1S/C15H22N4O2S/c1-17(2)7-13(20)18-5-3-15(4-6-18)9-19(10-15)14(21)12-8-22-11-16-12/h8,11H,3-7,9-10H2,1-2H3. The third kappa shape index (κ3) is 3.01. The van der Waals surface area contributed by atoms with Gasteiger partial charge in [0.1, 0.15) is 5.69 Å². The van der Waals surface area contributed by atoms with E-state index in [2.05, 4.69) is 4.98 Å². The zero-order chi connectivity index (χ0) is 15.7. The molecule has 0 unspecified atom stereocenters. The molecule has 3 heterocycles. The molecule has 0 atom stereocenters. The minimum Gasteiger partial charge on any atom is -0.342 e. The third-order valence-corrected chi connectivity index (χ3v) is 5.21. The highest BCUT2D eigenvalue weighted by Crippen LogP contribution is 2.40. The van der Waals surface area contributed by atoms with Crippen molar-refractivity contribution in [3.8, 4) is 0 Å². The van der Waals surface area contributed by atoms with Gasteiger partial charge in [-0.15, -0.1) is 11.3 Å². The van der Waals surface area contributed by atoms with Crippen molar-refractivity contribution in [3.63, 3.8) is 0 Å². The number of rotatable bonds is 3. The van der Waals surface area contributed by atoms with Gasteiger partial charge in [0, 0.05) is 37.0 Å². The number of likely N-dealkylation sites (N-methyl/N-ethyl adjacent to an activating group) is 1. The zero-order valence-electron chi connectivity index (χ0n) is 13.1. The molecule has 0 aliphatic carbocycles. The van der Waals surface area contributed by atoms with Crippen molar-refractivity contribution >= 4 is 23.2 Å². The van der Waals surface area contributed by atoms with Crippen LogP contribution in [-0.2, 0) is 4.79 Å². The van der Waals surface area contributed by atoms with E-state index < -0.39 is 0 Å². The minimum absolute atomic E-state index is 0.0398. The molecule has 2 aliphatic heterocycles. The summed E-state index contributed by atoms with van der Waals surface area (Å²) in [5.41, 5.74) is 2.47. The Balaban J connectivity index is 1.49. The second-order valence-corrected chi connectivity index (χ2v) is 7.37. The maximum Gasteiger partial charge on any atom is 0.273 e. The van der Waals surface area contributed by atoms with Crippen LogP contribution in [0, 0.1) is 5.41 Å². The van der Waals surface area contributed by atoms with Gasteiger partial charge in [-0.3, -0.25) is 9.59 Å². The molecule has 2 saturated heterocycles. The van der Waals surface area contributed by atoms with E-state index in [0.717, 1.165) is 39.0 Å². The van der Waals surface area contributed by atoms with Crippen molar-refractivity contribution in [2.24, 2.45) is 5.41 Å². The Bertz CT molecular complexity index is 542. The molecule has 3 rings (SSSR count). The second-order valence-electron chi connectivity index (χ2n) is 6.65. The minimum atomic E-state index is 0.0398.